The fraction of sp³-hybridized carbons (Fsp3) is 0.343. The Morgan fingerprint density at radius 2 is 1.68 bits per heavy atom. The van der Waals surface area contributed by atoms with Gasteiger partial charge in [0.15, 0.2) is 0 Å². The molecule has 4 aromatic carbocycles. The van der Waals surface area contributed by atoms with E-state index in [-0.39, 0.29) is 23.8 Å². The molecule has 1 unspecified atom stereocenters. The van der Waals surface area contributed by atoms with Crippen LogP contribution in [0.2, 0.25) is 0 Å². The summed E-state index contributed by atoms with van der Waals surface area (Å²) in [5, 5.41) is 26.3. The van der Waals surface area contributed by atoms with Crippen LogP contribution in [0.3, 0.4) is 0 Å². The Labute approximate surface area is 236 Å². The van der Waals surface area contributed by atoms with E-state index in [1.807, 2.05) is 25.1 Å². The number of carboxylic acid groups (broad SMARTS) is 1. The number of benzene rings is 4. The highest BCUT2D eigenvalue weighted by Crippen LogP contribution is 2.46. The highest BCUT2D eigenvalue weighted by molar-refractivity contribution is 5.89. The van der Waals surface area contributed by atoms with Gasteiger partial charge < -0.3 is 20.3 Å². The molecule has 0 radical (unpaired) electrons. The molecule has 1 aliphatic carbocycles. The lowest BCUT2D eigenvalue weighted by molar-refractivity contribution is -0.0209. The fourth-order valence-electron chi connectivity index (χ4n) is 5.56. The van der Waals surface area contributed by atoms with Gasteiger partial charge in [0, 0.05) is 12.1 Å². The lowest BCUT2D eigenvalue weighted by atomic mass is 9.91. The molecular weight excluding hydrogens is 498 g/mol. The zero-order chi connectivity index (χ0) is 28.3. The summed E-state index contributed by atoms with van der Waals surface area (Å²) < 4.78 is 6.43. The molecule has 5 nitrogen and oxygen atoms in total. The van der Waals surface area contributed by atoms with Gasteiger partial charge in [0.2, 0.25) is 0 Å². The van der Waals surface area contributed by atoms with Gasteiger partial charge in [-0.05, 0) is 96.7 Å². The summed E-state index contributed by atoms with van der Waals surface area (Å²) >= 11 is 0. The van der Waals surface area contributed by atoms with Crippen molar-refractivity contribution in [2.24, 2.45) is 5.92 Å². The number of β-amino-alcohol motifs (C(OH)–C–C–N with tert-alkyl or cyclic N) is 1. The van der Waals surface area contributed by atoms with E-state index in [0.717, 1.165) is 41.5 Å². The van der Waals surface area contributed by atoms with Crippen molar-refractivity contribution in [3.8, 4) is 11.1 Å². The summed E-state index contributed by atoms with van der Waals surface area (Å²) in [6.07, 6.45) is 2.30. The summed E-state index contributed by atoms with van der Waals surface area (Å²) in [5.41, 5.74) is 5.43. The second-order valence-corrected chi connectivity index (χ2v) is 11.8. The zero-order valence-corrected chi connectivity index (χ0v) is 23.6. The maximum atomic E-state index is 11.4. The van der Waals surface area contributed by atoms with Crippen LogP contribution >= 0.6 is 0 Å². The van der Waals surface area contributed by atoms with Gasteiger partial charge in [-0.15, -0.1) is 0 Å². The van der Waals surface area contributed by atoms with Crippen molar-refractivity contribution in [1.82, 2.24) is 5.32 Å². The van der Waals surface area contributed by atoms with Gasteiger partial charge in [-0.2, -0.15) is 0 Å². The molecule has 0 heterocycles. The van der Waals surface area contributed by atoms with E-state index in [9.17, 15) is 15.0 Å². The average Bonchev–Trinajstić information content (AvgIpc) is 3.77. The zero-order valence-electron chi connectivity index (χ0n) is 23.6. The Morgan fingerprint density at radius 1 is 0.950 bits per heavy atom. The molecule has 208 valence electrons. The van der Waals surface area contributed by atoms with Gasteiger partial charge in [0.25, 0.3) is 0 Å². The van der Waals surface area contributed by atoms with Gasteiger partial charge in [-0.25, -0.2) is 4.79 Å². The monoisotopic (exact) mass is 537 g/mol. The molecule has 0 spiro atoms. The predicted molar refractivity (Wildman–Crippen MR) is 161 cm³/mol. The molecule has 2 atom stereocenters. The predicted octanol–water partition coefficient (Wildman–Crippen LogP) is 6.95. The van der Waals surface area contributed by atoms with Gasteiger partial charge in [0.05, 0.1) is 24.4 Å². The van der Waals surface area contributed by atoms with Crippen LogP contribution in [0.4, 0.5) is 0 Å². The van der Waals surface area contributed by atoms with Crippen molar-refractivity contribution in [1.29, 1.82) is 0 Å². The molecule has 4 aromatic rings. The van der Waals surface area contributed by atoms with Crippen LogP contribution in [-0.2, 0) is 11.2 Å². The number of hydrogen-bond donors (Lipinski definition) is 3. The number of hydrogen-bond acceptors (Lipinski definition) is 4. The summed E-state index contributed by atoms with van der Waals surface area (Å²) in [6, 6.07) is 28.4. The Bertz CT molecular complexity index is 1490. The lowest BCUT2D eigenvalue weighted by Gasteiger charge is -2.29. The number of aliphatic hydroxyl groups excluding tert-OH is 1. The summed E-state index contributed by atoms with van der Waals surface area (Å²) in [5.74, 6) is -0.505. The number of carboxylic acids is 1. The first-order chi connectivity index (χ1) is 19.2. The molecule has 5 heteroatoms. The SMILES string of the molecule is Cc1cc(C(=O)O)ccc1-c1ccccc1C(OC[C@H](O)CNC(C)(C)Cc1ccc2ccccc2c1)C1CC1. The Kier molecular flexibility index (Phi) is 8.36. The normalized spacial score (nSPS) is 15.2. The van der Waals surface area contributed by atoms with Gasteiger partial charge in [-0.3, -0.25) is 0 Å². The molecule has 0 amide bonds. The van der Waals surface area contributed by atoms with Crippen molar-refractivity contribution in [3.63, 3.8) is 0 Å². The number of ether oxygens (including phenoxy) is 1. The Balaban J connectivity index is 1.22. The number of fused-ring (bicyclic) bond motifs is 1. The maximum Gasteiger partial charge on any atom is 0.335 e. The van der Waals surface area contributed by atoms with E-state index in [0.29, 0.717) is 12.5 Å². The van der Waals surface area contributed by atoms with Crippen molar-refractivity contribution in [2.75, 3.05) is 13.2 Å². The molecule has 1 saturated carbocycles. The third-order valence-corrected chi connectivity index (χ3v) is 7.83. The third kappa shape index (κ3) is 6.79. The molecule has 0 aliphatic heterocycles. The number of nitrogens with one attached hydrogen (secondary N) is 1. The van der Waals surface area contributed by atoms with Crippen molar-refractivity contribution in [3.05, 3.63) is 107 Å². The molecule has 0 bridgehead atoms. The van der Waals surface area contributed by atoms with Crippen LogP contribution in [0.15, 0.2) is 84.9 Å². The minimum absolute atomic E-state index is 0.116. The maximum absolute atomic E-state index is 11.4. The summed E-state index contributed by atoms with van der Waals surface area (Å²) in [4.78, 5) is 11.4. The van der Waals surface area contributed by atoms with Gasteiger partial charge in [-0.1, -0.05) is 72.8 Å². The number of aromatic carboxylic acids is 1. The molecule has 1 fully saturated rings. The average molecular weight is 538 g/mol. The van der Waals surface area contributed by atoms with E-state index >= 15 is 0 Å². The Morgan fingerprint density at radius 3 is 2.40 bits per heavy atom. The van der Waals surface area contributed by atoms with Crippen LogP contribution in [0, 0.1) is 12.8 Å². The van der Waals surface area contributed by atoms with E-state index in [2.05, 4.69) is 73.8 Å². The second-order valence-electron chi connectivity index (χ2n) is 11.8. The second kappa shape index (κ2) is 11.9. The number of aryl methyl sites for hydroxylation is 1. The van der Waals surface area contributed by atoms with E-state index < -0.39 is 12.1 Å². The standard InChI is InChI=1S/C35H39NO4/c1-23-18-28(34(38)39)16-17-30(23)31-10-6-7-11-32(31)33(26-14-15-26)40-22-29(37)21-36-35(2,3)20-24-12-13-25-8-4-5-9-27(25)19-24/h4-13,16-19,26,29,33,36-37H,14-15,20-22H2,1-3H3,(H,38,39)/t29-,33?/m1/s1. The number of aliphatic hydroxyl groups is 1. The highest BCUT2D eigenvalue weighted by atomic mass is 16.5. The minimum Gasteiger partial charge on any atom is -0.478 e. The largest absolute Gasteiger partial charge is 0.478 e. The first-order valence-corrected chi connectivity index (χ1v) is 14.2. The molecule has 0 aromatic heterocycles. The smallest absolute Gasteiger partial charge is 0.335 e. The van der Waals surface area contributed by atoms with E-state index in [1.54, 1.807) is 12.1 Å². The van der Waals surface area contributed by atoms with Gasteiger partial charge >= 0.3 is 5.97 Å². The first kappa shape index (κ1) is 28.0. The first-order valence-electron chi connectivity index (χ1n) is 14.2. The van der Waals surface area contributed by atoms with Crippen molar-refractivity contribution >= 4 is 16.7 Å². The molecule has 5 rings (SSSR count). The number of carbonyl (C=O) groups is 1. The third-order valence-electron chi connectivity index (χ3n) is 7.83. The fourth-order valence-corrected chi connectivity index (χ4v) is 5.56. The number of rotatable bonds is 12. The molecule has 3 N–H and O–H groups in total. The van der Waals surface area contributed by atoms with Crippen LogP contribution in [0.5, 0.6) is 0 Å². The summed E-state index contributed by atoms with van der Waals surface area (Å²) in [7, 11) is 0. The van der Waals surface area contributed by atoms with Crippen molar-refractivity contribution < 1.29 is 19.7 Å². The van der Waals surface area contributed by atoms with Crippen LogP contribution in [0.25, 0.3) is 21.9 Å². The molecule has 0 saturated heterocycles. The summed E-state index contributed by atoms with van der Waals surface area (Å²) in [6.45, 7) is 6.95. The van der Waals surface area contributed by atoms with Crippen LogP contribution in [-0.4, -0.2) is 41.0 Å². The van der Waals surface area contributed by atoms with Crippen LogP contribution in [0.1, 0.15) is 59.8 Å². The molecule has 40 heavy (non-hydrogen) atoms. The van der Waals surface area contributed by atoms with E-state index in [1.165, 1.54) is 16.3 Å². The molecular formula is C35H39NO4. The van der Waals surface area contributed by atoms with Crippen molar-refractivity contribution in [2.45, 2.75) is 57.8 Å². The molecule has 1 aliphatic rings. The van der Waals surface area contributed by atoms with Gasteiger partial charge in [0.1, 0.15) is 0 Å². The lowest BCUT2D eigenvalue weighted by Crippen LogP contribution is -2.46. The van der Waals surface area contributed by atoms with Crippen LogP contribution < -0.4 is 5.32 Å². The highest BCUT2D eigenvalue weighted by Gasteiger charge is 2.35. The Hall–Kier alpha value is -3.51. The van der Waals surface area contributed by atoms with E-state index in [4.69, 9.17) is 4.74 Å². The topological polar surface area (TPSA) is 78.8 Å². The quantitative estimate of drug-likeness (QED) is 0.182. The minimum atomic E-state index is -0.926.